The Morgan fingerprint density at radius 2 is 1.61 bits per heavy atom. The van der Waals surface area contributed by atoms with Gasteiger partial charge in [-0.05, 0) is 91.5 Å². The molecule has 0 radical (unpaired) electrons. The Morgan fingerprint density at radius 1 is 0.870 bits per heavy atom. The number of thioether (sulfide) groups is 1. The lowest BCUT2D eigenvalue weighted by atomic mass is 9.72. The fourth-order valence-electron chi connectivity index (χ4n) is 7.25. The van der Waals surface area contributed by atoms with E-state index in [0.29, 0.717) is 36.1 Å². The van der Waals surface area contributed by atoms with Gasteiger partial charge in [0.1, 0.15) is 34.6 Å². The highest BCUT2D eigenvalue weighted by Gasteiger charge is 2.42. The summed E-state index contributed by atoms with van der Waals surface area (Å²) in [5.41, 5.74) is -1.87. The van der Waals surface area contributed by atoms with Gasteiger partial charge in [-0.1, -0.05) is 58.4 Å². The molecule has 0 unspecified atom stereocenters. The van der Waals surface area contributed by atoms with E-state index in [0.717, 1.165) is 30.9 Å². The molecule has 0 spiro atoms. The number of ether oxygens (including phenoxy) is 1. The zero-order valence-electron chi connectivity index (χ0n) is 26.5. The third-order valence-electron chi connectivity index (χ3n) is 9.78. The SMILES string of the molecule is CCCCCC1CCC([C@H]2C=N[C@@H]([C@H]3C=C(F)C(c4cc(F)c(C(F)(F)Oc5ccc(SCC)c(F)c5)c(F)c4)=CC3)CC2)CC1. The van der Waals surface area contributed by atoms with E-state index in [4.69, 9.17) is 4.99 Å². The number of nitrogens with zero attached hydrogens (tertiary/aromatic N) is 1. The van der Waals surface area contributed by atoms with Crippen LogP contribution in [0.1, 0.15) is 95.6 Å². The van der Waals surface area contributed by atoms with Crippen molar-refractivity contribution >= 4 is 23.5 Å². The second-order valence-electron chi connectivity index (χ2n) is 12.9. The minimum absolute atomic E-state index is 0.0516. The van der Waals surface area contributed by atoms with Crippen LogP contribution in [0.4, 0.5) is 26.3 Å². The molecule has 9 heteroatoms. The molecule has 1 heterocycles. The quantitative estimate of drug-likeness (QED) is 0.128. The predicted octanol–water partition coefficient (Wildman–Crippen LogP) is 11.8. The molecule has 1 fully saturated rings. The molecule has 5 rings (SSSR count). The van der Waals surface area contributed by atoms with E-state index in [9.17, 15) is 13.2 Å². The molecule has 2 aliphatic carbocycles. The van der Waals surface area contributed by atoms with Crippen LogP contribution in [0.2, 0.25) is 0 Å². The summed E-state index contributed by atoms with van der Waals surface area (Å²) in [6.07, 6.45) is 13.3. The summed E-state index contributed by atoms with van der Waals surface area (Å²) < 4.78 is 94.0. The normalized spacial score (nSPS) is 25.3. The van der Waals surface area contributed by atoms with Crippen LogP contribution < -0.4 is 4.74 Å². The molecule has 1 saturated carbocycles. The van der Waals surface area contributed by atoms with E-state index in [1.807, 2.05) is 6.92 Å². The maximum Gasteiger partial charge on any atom is 0.432 e. The number of halogens is 6. The van der Waals surface area contributed by atoms with Crippen molar-refractivity contribution in [3.8, 4) is 5.75 Å². The topological polar surface area (TPSA) is 21.6 Å². The molecule has 46 heavy (non-hydrogen) atoms. The number of hydrogen-bond acceptors (Lipinski definition) is 3. The molecule has 0 saturated heterocycles. The van der Waals surface area contributed by atoms with Crippen LogP contribution >= 0.6 is 11.8 Å². The first-order valence-electron chi connectivity index (χ1n) is 16.7. The van der Waals surface area contributed by atoms with Crippen LogP contribution in [-0.4, -0.2) is 18.0 Å². The Morgan fingerprint density at radius 3 is 2.22 bits per heavy atom. The highest BCUT2D eigenvalue weighted by Crippen LogP contribution is 2.42. The van der Waals surface area contributed by atoms with Crippen LogP contribution in [-0.2, 0) is 6.11 Å². The van der Waals surface area contributed by atoms with Gasteiger partial charge in [0, 0.05) is 28.7 Å². The molecule has 3 atom stereocenters. The molecule has 0 aromatic heterocycles. The van der Waals surface area contributed by atoms with Gasteiger partial charge in [-0.25, -0.2) is 17.6 Å². The van der Waals surface area contributed by atoms with E-state index in [1.165, 1.54) is 75.3 Å². The van der Waals surface area contributed by atoms with Crippen molar-refractivity contribution in [3.63, 3.8) is 0 Å². The fourth-order valence-corrected chi connectivity index (χ4v) is 7.92. The maximum absolute atomic E-state index is 15.4. The van der Waals surface area contributed by atoms with Crippen LogP contribution in [0.15, 0.2) is 58.2 Å². The molecule has 1 aliphatic heterocycles. The summed E-state index contributed by atoms with van der Waals surface area (Å²) in [5.74, 6) is -2.85. The molecule has 2 aromatic rings. The Labute approximate surface area is 272 Å². The van der Waals surface area contributed by atoms with Crippen molar-refractivity contribution in [2.45, 2.75) is 102 Å². The van der Waals surface area contributed by atoms with Gasteiger partial charge >= 0.3 is 6.11 Å². The molecule has 250 valence electrons. The number of aliphatic imine (C=N–C) groups is 1. The first-order chi connectivity index (χ1) is 22.1. The Hall–Kier alpha value is -2.68. The minimum Gasteiger partial charge on any atom is -0.429 e. The second-order valence-corrected chi connectivity index (χ2v) is 14.2. The maximum atomic E-state index is 15.4. The van der Waals surface area contributed by atoms with Gasteiger partial charge in [-0.15, -0.1) is 11.8 Å². The largest absolute Gasteiger partial charge is 0.432 e. The summed E-state index contributed by atoms with van der Waals surface area (Å²) in [6, 6.07) is 4.41. The number of rotatable bonds is 12. The Bertz CT molecular complexity index is 1420. The molecule has 0 N–H and O–H groups in total. The summed E-state index contributed by atoms with van der Waals surface area (Å²) in [7, 11) is 0. The summed E-state index contributed by atoms with van der Waals surface area (Å²) >= 11 is 1.18. The van der Waals surface area contributed by atoms with Crippen molar-refractivity contribution < 1.29 is 31.1 Å². The number of benzene rings is 2. The first kappa shape index (κ1) is 34.6. The molecule has 0 bridgehead atoms. The van der Waals surface area contributed by atoms with Gasteiger partial charge in [0.2, 0.25) is 0 Å². The standard InChI is InChI=1S/C37H43F6NOS/c1-3-5-6-7-23-8-10-24(11-9-23)26-13-16-34(44-22-26)25-12-15-29(30(38)18-25)27-19-32(40)36(33(41)20-27)37(42,43)45-28-14-17-35(46-4-2)31(39)21-28/h14-15,17-26,34H,3-13,16H2,1-2H3/t23?,24?,25-,26-,34-/m1/s1. The smallest absolute Gasteiger partial charge is 0.429 e. The van der Waals surface area contributed by atoms with Gasteiger partial charge in [0.25, 0.3) is 0 Å². The van der Waals surface area contributed by atoms with Gasteiger partial charge in [0.15, 0.2) is 0 Å². The van der Waals surface area contributed by atoms with Gasteiger partial charge in [-0.3, -0.25) is 4.99 Å². The average molecular weight is 664 g/mol. The van der Waals surface area contributed by atoms with Gasteiger partial charge in [0.05, 0.1) is 6.04 Å². The fraction of sp³-hybridized carbons (Fsp3) is 0.541. The molecular weight excluding hydrogens is 620 g/mol. The molecule has 2 nitrogen and oxygen atoms in total. The van der Waals surface area contributed by atoms with Gasteiger partial charge in [-0.2, -0.15) is 8.78 Å². The lowest BCUT2D eigenvalue weighted by Crippen LogP contribution is -2.30. The third kappa shape index (κ3) is 8.23. The Balaban J connectivity index is 1.20. The Kier molecular flexibility index (Phi) is 11.7. The van der Waals surface area contributed by atoms with Crippen LogP contribution in [0.5, 0.6) is 5.75 Å². The van der Waals surface area contributed by atoms with Crippen molar-refractivity contribution in [1.29, 1.82) is 0 Å². The van der Waals surface area contributed by atoms with E-state index in [-0.39, 0.29) is 28.0 Å². The van der Waals surface area contributed by atoms with E-state index in [2.05, 4.69) is 17.9 Å². The highest BCUT2D eigenvalue weighted by atomic mass is 32.2. The van der Waals surface area contributed by atoms with Crippen LogP contribution in [0, 0.1) is 41.1 Å². The zero-order valence-corrected chi connectivity index (χ0v) is 27.3. The van der Waals surface area contributed by atoms with E-state index >= 15 is 13.2 Å². The zero-order chi connectivity index (χ0) is 32.8. The number of hydrogen-bond donors (Lipinski definition) is 0. The van der Waals surface area contributed by atoms with Crippen molar-refractivity contribution in [2.75, 3.05) is 5.75 Å². The van der Waals surface area contributed by atoms with Gasteiger partial charge < -0.3 is 4.74 Å². The average Bonchev–Trinajstić information content (AvgIpc) is 3.02. The predicted molar refractivity (Wildman–Crippen MR) is 174 cm³/mol. The van der Waals surface area contributed by atoms with Crippen LogP contribution in [0.3, 0.4) is 0 Å². The third-order valence-corrected chi connectivity index (χ3v) is 10.7. The lowest BCUT2D eigenvalue weighted by molar-refractivity contribution is -0.189. The summed E-state index contributed by atoms with van der Waals surface area (Å²) in [6.45, 7) is 4.05. The number of allylic oxidation sites excluding steroid dienone is 3. The van der Waals surface area contributed by atoms with E-state index < -0.39 is 40.7 Å². The van der Waals surface area contributed by atoms with Crippen LogP contribution in [0.25, 0.3) is 5.57 Å². The number of unbranched alkanes of at least 4 members (excludes halogenated alkanes) is 2. The number of alkyl halides is 2. The molecule has 3 aliphatic rings. The minimum atomic E-state index is -4.44. The first-order valence-corrected chi connectivity index (χ1v) is 17.7. The summed E-state index contributed by atoms with van der Waals surface area (Å²) in [5, 5.41) is 0. The lowest BCUT2D eigenvalue weighted by Gasteiger charge is -2.36. The second kappa shape index (κ2) is 15.5. The van der Waals surface area contributed by atoms with Crippen molar-refractivity contribution in [3.05, 3.63) is 76.9 Å². The molecule has 0 amide bonds. The highest BCUT2D eigenvalue weighted by molar-refractivity contribution is 7.99. The summed E-state index contributed by atoms with van der Waals surface area (Å²) in [4.78, 5) is 5.07. The molecular formula is C37H43F6NOS. The monoisotopic (exact) mass is 663 g/mol. The van der Waals surface area contributed by atoms with E-state index in [1.54, 1.807) is 6.08 Å². The van der Waals surface area contributed by atoms with Crippen molar-refractivity contribution in [1.82, 2.24) is 0 Å². The molecule has 2 aromatic carbocycles. The van der Waals surface area contributed by atoms with Crippen molar-refractivity contribution in [2.24, 2.45) is 28.7 Å².